The van der Waals surface area contributed by atoms with Crippen molar-refractivity contribution in [2.75, 3.05) is 0 Å². The number of epoxide rings is 1. The molecule has 2 aliphatic heterocycles. The van der Waals surface area contributed by atoms with Gasteiger partial charge in [-0.25, -0.2) is 4.79 Å². The van der Waals surface area contributed by atoms with E-state index in [1.54, 1.807) is 6.92 Å². The Morgan fingerprint density at radius 1 is 1.48 bits per heavy atom. The molecule has 0 saturated carbocycles. The summed E-state index contributed by atoms with van der Waals surface area (Å²) in [5, 5.41) is 0. The van der Waals surface area contributed by atoms with E-state index in [-0.39, 0.29) is 29.7 Å². The number of esters is 1. The Bertz CT molecular complexity index is 465. The predicted molar refractivity (Wildman–Crippen MR) is 81.8 cm³/mol. The van der Waals surface area contributed by atoms with Gasteiger partial charge in [-0.2, -0.15) is 0 Å². The lowest BCUT2D eigenvalue weighted by Crippen LogP contribution is -2.27. The SMILES string of the molecule is C=C(C)C=O.C=CC[C@@]1(C)O[C@@H]1[C@H]1OC(=O)C(=C)[C@@H]1CC. The van der Waals surface area contributed by atoms with Crippen LogP contribution in [-0.2, 0) is 19.1 Å². The first-order valence-corrected chi connectivity index (χ1v) is 7.09. The minimum Gasteiger partial charge on any atom is -0.455 e. The van der Waals surface area contributed by atoms with Gasteiger partial charge >= 0.3 is 5.97 Å². The molecule has 0 bridgehead atoms. The van der Waals surface area contributed by atoms with E-state index >= 15 is 0 Å². The fourth-order valence-corrected chi connectivity index (χ4v) is 2.50. The van der Waals surface area contributed by atoms with Crippen LogP contribution in [0.1, 0.15) is 33.6 Å². The molecule has 2 rings (SSSR count). The first-order chi connectivity index (χ1) is 9.80. The summed E-state index contributed by atoms with van der Waals surface area (Å²) < 4.78 is 11.0. The molecule has 4 heteroatoms. The zero-order valence-electron chi connectivity index (χ0n) is 13.1. The number of allylic oxidation sites excluding steroid dienone is 1. The number of carbonyl (C=O) groups is 2. The van der Waals surface area contributed by atoms with E-state index < -0.39 is 0 Å². The maximum absolute atomic E-state index is 11.5. The van der Waals surface area contributed by atoms with Crippen molar-refractivity contribution in [3.8, 4) is 0 Å². The maximum atomic E-state index is 11.5. The molecule has 0 aromatic rings. The van der Waals surface area contributed by atoms with Crippen molar-refractivity contribution in [2.24, 2.45) is 5.92 Å². The Labute approximate surface area is 126 Å². The number of cyclic esters (lactones) is 1. The third-order valence-corrected chi connectivity index (χ3v) is 3.78. The highest BCUT2D eigenvalue weighted by Crippen LogP contribution is 2.48. The molecule has 4 nitrogen and oxygen atoms in total. The van der Waals surface area contributed by atoms with E-state index in [0.717, 1.165) is 19.1 Å². The first kappa shape index (κ1) is 17.4. The fourth-order valence-electron chi connectivity index (χ4n) is 2.50. The molecule has 0 amide bonds. The molecular weight excluding hydrogens is 268 g/mol. The second-order valence-corrected chi connectivity index (χ2v) is 5.72. The number of hydrogen-bond donors (Lipinski definition) is 0. The molecule has 0 aromatic carbocycles. The molecule has 0 aliphatic carbocycles. The predicted octanol–water partition coefficient (Wildman–Crippen LogP) is 2.99. The monoisotopic (exact) mass is 292 g/mol. The van der Waals surface area contributed by atoms with Crippen molar-refractivity contribution in [2.45, 2.75) is 51.4 Å². The van der Waals surface area contributed by atoms with Crippen LogP contribution >= 0.6 is 0 Å². The summed E-state index contributed by atoms with van der Waals surface area (Å²) in [5.41, 5.74) is 0.957. The molecule has 21 heavy (non-hydrogen) atoms. The highest BCUT2D eigenvalue weighted by atomic mass is 16.6. The molecule has 2 fully saturated rings. The van der Waals surface area contributed by atoms with Gasteiger partial charge in [-0.3, -0.25) is 4.79 Å². The Hall–Kier alpha value is -1.68. The molecule has 4 atom stereocenters. The third kappa shape index (κ3) is 3.91. The Morgan fingerprint density at radius 3 is 2.48 bits per heavy atom. The molecule has 0 radical (unpaired) electrons. The Morgan fingerprint density at radius 2 is 2.05 bits per heavy atom. The van der Waals surface area contributed by atoms with Gasteiger partial charge in [-0.1, -0.05) is 26.2 Å². The topological polar surface area (TPSA) is 55.9 Å². The number of aldehydes is 1. The molecular formula is C17H24O4. The zero-order valence-corrected chi connectivity index (χ0v) is 13.1. The van der Waals surface area contributed by atoms with Gasteiger partial charge < -0.3 is 9.47 Å². The van der Waals surface area contributed by atoms with E-state index in [1.165, 1.54) is 0 Å². The van der Waals surface area contributed by atoms with Gasteiger partial charge in [0, 0.05) is 11.5 Å². The zero-order chi connectivity index (χ0) is 16.2. The smallest absolute Gasteiger partial charge is 0.334 e. The van der Waals surface area contributed by atoms with Gasteiger partial charge in [0.25, 0.3) is 0 Å². The fraction of sp³-hybridized carbons (Fsp3) is 0.529. The maximum Gasteiger partial charge on any atom is 0.334 e. The van der Waals surface area contributed by atoms with Crippen LogP contribution in [0.5, 0.6) is 0 Å². The third-order valence-electron chi connectivity index (χ3n) is 3.78. The number of rotatable bonds is 5. The van der Waals surface area contributed by atoms with Crippen LogP contribution in [0.2, 0.25) is 0 Å². The van der Waals surface area contributed by atoms with E-state index in [1.807, 2.05) is 19.9 Å². The van der Waals surface area contributed by atoms with Crippen molar-refractivity contribution in [3.05, 3.63) is 37.0 Å². The quantitative estimate of drug-likeness (QED) is 0.257. The normalized spacial score (nSPS) is 33.6. The number of carbonyl (C=O) groups excluding carboxylic acids is 2. The van der Waals surface area contributed by atoms with Crippen molar-refractivity contribution < 1.29 is 19.1 Å². The number of hydrogen-bond acceptors (Lipinski definition) is 4. The van der Waals surface area contributed by atoms with Gasteiger partial charge in [0.2, 0.25) is 0 Å². The lowest BCUT2D eigenvalue weighted by atomic mass is 9.88. The summed E-state index contributed by atoms with van der Waals surface area (Å²) in [6.45, 7) is 16.5. The summed E-state index contributed by atoms with van der Waals surface area (Å²) in [7, 11) is 0. The van der Waals surface area contributed by atoms with Crippen LogP contribution in [0.4, 0.5) is 0 Å². The van der Waals surface area contributed by atoms with Gasteiger partial charge in [0.15, 0.2) is 0 Å². The Kier molecular flexibility index (Phi) is 5.67. The van der Waals surface area contributed by atoms with E-state index in [0.29, 0.717) is 11.1 Å². The summed E-state index contributed by atoms with van der Waals surface area (Å²) in [6.07, 6.45) is 4.05. The van der Waals surface area contributed by atoms with Crippen molar-refractivity contribution in [1.82, 2.24) is 0 Å². The average Bonchev–Trinajstić information content (AvgIpc) is 3.01. The summed E-state index contributed by atoms with van der Waals surface area (Å²) >= 11 is 0. The molecule has 0 aromatic heterocycles. The molecule has 116 valence electrons. The standard InChI is InChI=1S/C13H18O3.C4H6O/c1-5-7-13(4)11(16-13)10-9(6-2)8(3)12(14)15-10;1-4(2)3-5/h5,9-11H,1,3,6-7H2,2,4H3;3H,1H2,2H3/t9-,10-,11+,13+;/m0./s1. The summed E-state index contributed by atoms with van der Waals surface area (Å²) in [4.78, 5) is 20.9. The lowest BCUT2D eigenvalue weighted by molar-refractivity contribution is -0.140. The van der Waals surface area contributed by atoms with Crippen molar-refractivity contribution in [1.29, 1.82) is 0 Å². The van der Waals surface area contributed by atoms with Gasteiger partial charge in [-0.15, -0.1) is 6.58 Å². The molecule has 0 unspecified atom stereocenters. The second-order valence-electron chi connectivity index (χ2n) is 5.72. The van der Waals surface area contributed by atoms with E-state index in [4.69, 9.17) is 9.47 Å². The Balaban J connectivity index is 0.000000383. The average molecular weight is 292 g/mol. The molecule has 2 aliphatic rings. The van der Waals surface area contributed by atoms with Gasteiger partial charge in [0.1, 0.15) is 18.5 Å². The van der Waals surface area contributed by atoms with Gasteiger partial charge in [-0.05, 0) is 32.3 Å². The highest BCUT2D eigenvalue weighted by Gasteiger charge is 2.60. The van der Waals surface area contributed by atoms with Crippen molar-refractivity contribution >= 4 is 12.3 Å². The highest BCUT2D eigenvalue weighted by molar-refractivity contribution is 5.90. The lowest BCUT2D eigenvalue weighted by Gasteiger charge is -2.15. The van der Waals surface area contributed by atoms with Gasteiger partial charge in [0.05, 0.1) is 5.60 Å². The summed E-state index contributed by atoms with van der Waals surface area (Å²) in [5.74, 6) is -0.169. The van der Waals surface area contributed by atoms with Crippen LogP contribution in [0.25, 0.3) is 0 Å². The first-order valence-electron chi connectivity index (χ1n) is 7.09. The molecule has 0 N–H and O–H groups in total. The van der Waals surface area contributed by atoms with Crippen LogP contribution in [0.3, 0.4) is 0 Å². The van der Waals surface area contributed by atoms with Crippen LogP contribution < -0.4 is 0 Å². The largest absolute Gasteiger partial charge is 0.455 e. The minimum absolute atomic E-state index is 0.00125. The number of ether oxygens (including phenoxy) is 2. The van der Waals surface area contributed by atoms with E-state index in [2.05, 4.69) is 19.7 Å². The summed E-state index contributed by atoms with van der Waals surface area (Å²) in [6, 6.07) is 0. The minimum atomic E-state index is -0.270. The second kappa shape index (κ2) is 6.85. The molecule has 2 heterocycles. The van der Waals surface area contributed by atoms with Crippen LogP contribution in [0, 0.1) is 5.92 Å². The van der Waals surface area contributed by atoms with Crippen LogP contribution in [0.15, 0.2) is 37.0 Å². The molecule has 0 spiro atoms. The van der Waals surface area contributed by atoms with Crippen molar-refractivity contribution in [3.63, 3.8) is 0 Å². The van der Waals surface area contributed by atoms with E-state index in [9.17, 15) is 9.59 Å². The van der Waals surface area contributed by atoms with Crippen LogP contribution in [-0.4, -0.2) is 30.1 Å². The molecule has 2 saturated heterocycles.